The number of nitrogens with zero attached hydrogens (tertiary/aromatic N) is 3. The summed E-state index contributed by atoms with van der Waals surface area (Å²) in [4.78, 5) is 21.5. The van der Waals surface area contributed by atoms with Crippen LogP contribution in [-0.2, 0) is 15.7 Å². The molecular formula is C32H25ClF3N3O5. The molecule has 0 radical (unpaired) electrons. The Morgan fingerprint density at radius 2 is 1.68 bits per heavy atom. The normalized spacial score (nSPS) is 21.0. The van der Waals surface area contributed by atoms with E-state index >= 15 is 0 Å². The van der Waals surface area contributed by atoms with E-state index in [-0.39, 0.29) is 21.8 Å². The number of carbonyl (C=O) groups excluding carboxylic acids is 1. The topological polar surface area (TPSA) is 107 Å². The summed E-state index contributed by atoms with van der Waals surface area (Å²) >= 11 is 6.17. The molecule has 0 unspecified atom stereocenters. The Labute approximate surface area is 254 Å². The maximum atomic E-state index is 13.5. The molecule has 12 heteroatoms. The summed E-state index contributed by atoms with van der Waals surface area (Å²) in [5.41, 5.74) is 1.46. The highest BCUT2D eigenvalue weighted by atomic mass is 35.5. The second kappa shape index (κ2) is 11.7. The second-order valence-electron chi connectivity index (χ2n) is 10.4. The maximum Gasteiger partial charge on any atom is 0.416 e. The van der Waals surface area contributed by atoms with Gasteiger partial charge in [0, 0.05) is 6.20 Å². The largest absolute Gasteiger partial charge is 0.451 e. The minimum absolute atomic E-state index is 0.115. The van der Waals surface area contributed by atoms with E-state index in [1.807, 2.05) is 30.3 Å². The number of benzene rings is 3. The van der Waals surface area contributed by atoms with Gasteiger partial charge in [-0.15, -0.1) is 0 Å². The summed E-state index contributed by atoms with van der Waals surface area (Å²) < 4.78 is 54.0. The van der Waals surface area contributed by atoms with Crippen LogP contribution in [0.3, 0.4) is 0 Å². The van der Waals surface area contributed by atoms with Crippen molar-refractivity contribution in [2.75, 3.05) is 0 Å². The van der Waals surface area contributed by atoms with Crippen LogP contribution in [0.5, 0.6) is 0 Å². The van der Waals surface area contributed by atoms with Crippen LogP contribution in [0.4, 0.5) is 13.2 Å². The SMILES string of the molecule is Cc1cc([C@@H](OC(=O)c2ccc(-c3ccccc3)cc2)[C@H]2O[C@@H](n3ccc4c(Cl)ncnc43)[C@H](O)[C@@H]2O)ccc1C(F)(F)F. The molecule has 2 aromatic heterocycles. The fourth-order valence-corrected chi connectivity index (χ4v) is 5.62. The van der Waals surface area contributed by atoms with Crippen LogP contribution < -0.4 is 0 Å². The Morgan fingerprint density at radius 3 is 2.36 bits per heavy atom. The quantitative estimate of drug-likeness (QED) is 0.169. The first-order chi connectivity index (χ1) is 21.0. The van der Waals surface area contributed by atoms with Gasteiger partial charge in [0.1, 0.15) is 35.4 Å². The van der Waals surface area contributed by atoms with E-state index in [9.17, 15) is 28.2 Å². The summed E-state index contributed by atoms with van der Waals surface area (Å²) in [6.45, 7) is 1.28. The molecule has 3 aromatic carbocycles. The number of aromatic nitrogens is 3. The Kier molecular flexibility index (Phi) is 7.89. The predicted molar refractivity (Wildman–Crippen MR) is 155 cm³/mol. The van der Waals surface area contributed by atoms with Gasteiger partial charge in [0.05, 0.1) is 16.5 Å². The Balaban J connectivity index is 1.34. The van der Waals surface area contributed by atoms with Crippen LogP contribution in [0, 0.1) is 6.92 Å². The Hall–Kier alpha value is -4.29. The molecule has 0 bridgehead atoms. The van der Waals surface area contributed by atoms with Crippen molar-refractivity contribution < 1.29 is 37.7 Å². The van der Waals surface area contributed by atoms with Gasteiger partial charge in [0.25, 0.3) is 0 Å². The van der Waals surface area contributed by atoms with Crippen molar-refractivity contribution in [3.63, 3.8) is 0 Å². The van der Waals surface area contributed by atoms with E-state index in [1.54, 1.807) is 36.5 Å². The first-order valence-corrected chi connectivity index (χ1v) is 13.9. The number of hydrogen-bond acceptors (Lipinski definition) is 7. The smallest absolute Gasteiger partial charge is 0.416 e. The molecule has 1 aliphatic heterocycles. The molecule has 0 aliphatic carbocycles. The number of aliphatic hydroxyl groups is 2. The van der Waals surface area contributed by atoms with Crippen LogP contribution in [-0.4, -0.2) is 49.0 Å². The van der Waals surface area contributed by atoms with Gasteiger partial charge in [-0.1, -0.05) is 66.2 Å². The van der Waals surface area contributed by atoms with E-state index in [1.165, 1.54) is 30.0 Å². The highest BCUT2D eigenvalue weighted by Gasteiger charge is 2.49. The zero-order valence-corrected chi connectivity index (χ0v) is 23.8. The third-order valence-electron chi connectivity index (χ3n) is 7.65. The molecule has 1 aliphatic rings. The minimum atomic E-state index is -4.60. The standard InChI is InChI=1S/C32H25ClF3N3O5/c1-17-15-21(11-12-23(17)32(34,35)36)26(44-31(42)20-9-7-19(8-10-20)18-5-3-2-4-6-18)27-24(40)25(41)30(43-27)39-14-13-22-28(33)37-16-38-29(22)39/h2-16,24-27,30,40-41H,1H3/t24-,25+,26+,27-,30+/m0/s1. The maximum absolute atomic E-state index is 13.5. The lowest BCUT2D eigenvalue weighted by Gasteiger charge is -2.27. The molecule has 5 aromatic rings. The monoisotopic (exact) mass is 623 g/mol. The van der Waals surface area contributed by atoms with Gasteiger partial charge in [-0.2, -0.15) is 13.2 Å². The van der Waals surface area contributed by atoms with Gasteiger partial charge in [0.15, 0.2) is 12.3 Å². The lowest BCUT2D eigenvalue weighted by Crippen LogP contribution is -2.36. The number of hydrogen-bond donors (Lipinski definition) is 2. The number of ether oxygens (including phenoxy) is 2. The molecule has 3 heterocycles. The molecule has 5 atom stereocenters. The summed E-state index contributed by atoms with van der Waals surface area (Å²) in [6.07, 6.45) is -8.90. The molecule has 6 rings (SSSR count). The predicted octanol–water partition coefficient (Wildman–Crippen LogP) is 6.30. The highest BCUT2D eigenvalue weighted by Crippen LogP contribution is 2.41. The zero-order valence-electron chi connectivity index (χ0n) is 23.0. The van der Waals surface area contributed by atoms with Gasteiger partial charge in [-0.25, -0.2) is 14.8 Å². The van der Waals surface area contributed by atoms with E-state index in [4.69, 9.17) is 21.1 Å². The number of alkyl halides is 3. The number of carbonyl (C=O) groups is 1. The van der Waals surface area contributed by atoms with E-state index in [0.717, 1.165) is 17.2 Å². The average molecular weight is 624 g/mol. The fourth-order valence-electron chi connectivity index (χ4n) is 5.43. The number of fused-ring (bicyclic) bond motifs is 1. The van der Waals surface area contributed by atoms with E-state index in [0.29, 0.717) is 11.0 Å². The lowest BCUT2D eigenvalue weighted by atomic mass is 9.95. The molecule has 2 N–H and O–H groups in total. The van der Waals surface area contributed by atoms with Crippen molar-refractivity contribution in [3.05, 3.63) is 119 Å². The van der Waals surface area contributed by atoms with Crippen LogP contribution in [0.1, 0.15) is 39.4 Å². The second-order valence-corrected chi connectivity index (χ2v) is 10.8. The van der Waals surface area contributed by atoms with Crippen LogP contribution in [0.15, 0.2) is 91.4 Å². The van der Waals surface area contributed by atoms with Crippen molar-refractivity contribution in [3.8, 4) is 11.1 Å². The molecular weight excluding hydrogens is 599 g/mol. The minimum Gasteiger partial charge on any atom is -0.451 e. The van der Waals surface area contributed by atoms with E-state index < -0.39 is 48.4 Å². The van der Waals surface area contributed by atoms with Crippen LogP contribution in [0.25, 0.3) is 22.2 Å². The van der Waals surface area contributed by atoms with Gasteiger partial charge < -0.3 is 24.3 Å². The van der Waals surface area contributed by atoms with Crippen molar-refractivity contribution >= 4 is 28.6 Å². The Morgan fingerprint density at radius 1 is 0.977 bits per heavy atom. The molecule has 226 valence electrons. The number of aryl methyl sites for hydroxylation is 1. The zero-order chi connectivity index (χ0) is 31.2. The van der Waals surface area contributed by atoms with Crippen molar-refractivity contribution in [1.29, 1.82) is 0 Å². The first kappa shape index (κ1) is 29.8. The summed E-state index contributed by atoms with van der Waals surface area (Å²) in [6, 6.07) is 21.0. The number of aliphatic hydroxyl groups excluding tert-OH is 2. The average Bonchev–Trinajstić information content (AvgIpc) is 3.57. The molecule has 44 heavy (non-hydrogen) atoms. The third-order valence-corrected chi connectivity index (χ3v) is 7.96. The van der Waals surface area contributed by atoms with Crippen LogP contribution in [0.2, 0.25) is 5.15 Å². The van der Waals surface area contributed by atoms with Crippen molar-refractivity contribution in [2.45, 2.75) is 43.7 Å². The first-order valence-electron chi connectivity index (χ1n) is 13.6. The van der Waals surface area contributed by atoms with Crippen molar-refractivity contribution in [2.24, 2.45) is 0 Å². The third kappa shape index (κ3) is 5.55. The number of esters is 1. The van der Waals surface area contributed by atoms with Gasteiger partial charge in [-0.05, 0) is 53.4 Å². The van der Waals surface area contributed by atoms with Crippen LogP contribution >= 0.6 is 11.6 Å². The van der Waals surface area contributed by atoms with Gasteiger partial charge in [-0.3, -0.25) is 0 Å². The molecule has 0 spiro atoms. The van der Waals surface area contributed by atoms with Crippen molar-refractivity contribution in [1.82, 2.24) is 14.5 Å². The van der Waals surface area contributed by atoms with E-state index in [2.05, 4.69) is 9.97 Å². The van der Waals surface area contributed by atoms with Gasteiger partial charge >= 0.3 is 12.1 Å². The number of halogens is 4. The molecule has 0 saturated carbocycles. The lowest BCUT2D eigenvalue weighted by molar-refractivity contribution is -0.138. The fraction of sp³-hybridized carbons (Fsp3) is 0.219. The summed E-state index contributed by atoms with van der Waals surface area (Å²) in [7, 11) is 0. The molecule has 8 nitrogen and oxygen atoms in total. The highest BCUT2D eigenvalue weighted by molar-refractivity contribution is 6.33. The number of rotatable bonds is 6. The van der Waals surface area contributed by atoms with Gasteiger partial charge in [0.2, 0.25) is 0 Å². The molecule has 1 saturated heterocycles. The molecule has 1 fully saturated rings. The molecule has 0 amide bonds. The Bertz CT molecular complexity index is 1810. The summed E-state index contributed by atoms with van der Waals surface area (Å²) in [5, 5.41) is 22.9. The summed E-state index contributed by atoms with van der Waals surface area (Å²) in [5.74, 6) is -0.799.